The minimum absolute atomic E-state index is 0.0147. The number of hydrogen-bond acceptors (Lipinski definition) is 4. The molecule has 0 unspecified atom stereocenters. The summed E-state index contributed by atoms with van der Waals surface area (Å²) in [7, 11) is 0. The number of rotatable bonds is 8. The van der Waals surface area contributed by atoms with Crippen LogP contribution in [0.5, 0.6) is 5.75 Å². The molecule has 0 bridgehead atoms. The molecule has 2 aromatic carbocycles. The van der Waals surface area contributed by atoms with E-state index in [4.69, 9.17) is 16.3 Å². The molecular formula is C28H31ClN2O3S. The Labute approximate surface area is 216 Å². The number of ether oxygens (including phenoxy) is 1. The Morgan fingerprint density at radius 1 is 1.20 bits per heavy atom. The van der Waals surface area contributed by atoms with Crippen molar-refractivity contribution >= 4 is 34.8 Å². The highest BCUT2D eigenvalue weighted by molar-refractivity contribution is 7.10. The van der Waals surface area contributed by atoms with E-state index >= 15 is 0 Å². The zero-order chi connectivity index (χ0) is 24.9. The molecule has 2 atom stereocenters. The molecule has 0 saturated carbocycles. The smallest absolute Gasteiger partial charge is 0.254 e. The molecule has 5 nitrogen and oxygen atoms in total. The molecule has 3 aromatic rings. The van der Waals surface area contributed by atoms with Gasteiger partial charge in [-0.15, -0.1) is 11.3 Å². The lowest BCUT2D eigenvalue weighted by Crippen LogP contribution is -2.49. The summed E-state index contributed by atoms with van der Waals surface area (Å²) in [6, 6.07) is 16.6. The number of aryl methyl sites for hydroxylation is 1. The fourth-order valence-corrected chi connectivity index (χ4v) is 5.47. The van der Waals surface area contributed by atoms with E-state index in [9.17, 15) is 9.59 Å². The van der Waals surface area contributed by atoms with Gasteiger partial charge in [-0.2, -0.15) is 0 Å². The van der Waals surface area contributed by atoms with Crippen LogP contribution in [0, 0.1) is 6.92 Å². The fraction of sp³-hybridized carbons (Fsp3) is 0.357. The van der Waals surface area contributed by atoms with Crippen LogP contribution in [-0.4, -0.2) is 47.4 Å². The van der Waals surface area contributed by atoms with Gasteiger partial charge in [0, 0.05) is 28.0 Å². The topological polar surface area (TPSA) is 49.9 Å². The van der Waals surface area contributed by atoms with Gasteiger partial charge in [0.1, 0.15) is 18.9 Å². The molecule has 0 spiro atoms. The summed E-state index contributed by atoms with van der Waals surface area (Å²) in [5, 5.41) is 2.58. The maximum atomic E-state index is 13.7. The SMILES string of the molecule is CC[C@@H](C)N(CC(=O)N1CCc2sccc2[C@H]1COc1ccc(C)cc1)C(=O)c1cccc(Cl)c1. The van der Waals surface area contributed by atoms with Crippen molar-refractivity contribution in [2.45, 2.75) is 45.7 Å². The van der Waals surface area contributed by atoms with Gasteiger partial charge in [-0.1, -0.05) is 42.3 Å². The Morgan fingerprint density at radius 2 is 1.97 bits per heavy atom. The van der Waals surface area contributed by atoms with Crippen molar-refractivity contribution in [3.8, 4) is 5.75 Å². The molecule has 0 radical (unpaired) electrons. The highest BCUT2D eigenvalue weighted by Gasteiger charge is 2.34. The van der Waals surface area contributed by atoms with Crippen molar-refractivity contribution in [3.05, 3.63) is 86.6 Å². The first-order chi connectivity index (χ1) is 16.9. The van der Waals surface area contributed by atoms with E-state index in [-0.39, 0.29) is 30.4 Å². The van der Waals surface area contributed by atoms with Gasteiger partial charge >= 0.3 is 0 Å². The van der Waals surface area contributed by atoms with Crippen LogP contribution in [0.3, 0.4) is 0 Å². The average Bonchev–Trinajstić information content (AvgIpc) is 3.35. The maximum absolute atomic E-state index is 13.7. The molecular weight excluding hydrogens is 480 g/mol. The van der Waals surface area contributed by atoms with Gasteiger partial charge in [0.2, 0.25) is 5.91 Å². The number of carbonyl (C=O) groups is 2. The predicted octanol–water partition coefficient (Wildman–Crippen LogP) is 6.16. The zero-order valence-corrected chi connectivity index (χ0v) is 21.9. The number of halogens is 1. The normalized spacial score (nSPS) is 15.9. The molecule has 184 valence electrons. The molecule has 4 rings (SSSR count). The number of amides is 2. The Kier molecular flexibility index (Phi) is 8.14. The number of fused-ring (bicyclic) bond motifs is 1. The van der Waals surface area contributed by atoms with Crippen LogP contribution < -0.4 is 4.74 Å². The van der Waals surface area contributed by atoms with E-state index in [0.29, 0.717) is 23.7 Å². The molecule has 1 aromatic heterocycles. The van der Waals surface area contributed by atoms with Crippen LogP contribution in [0.1, 0.15) is 52.7 Å². The van der Waals surface area contributed by atoms with Crippen LogP contribution in [0.25, 0.3) is 0 Å². The van der Waals surface area contributed by atoms with Gasteiger partial charge in [0.25, 0.3) is 5.91 Å². The van der Waals surface area contributed by atoms with Gasteiger partial charge in [0.15, 0.2) is 0 Å². The highest BCUT2D eigenvalue weighted by atomic mass is 35.5. The predicted molar refractivity (Wildman–Crippen MR) is 141 cm³/mol. The van der Waals surface area contributed by atoms with Crippen molar-refractivity contribution in [1.82, 2.24) is 9.80 Å². The van der Waals surface area contributed by atoms with Crippen LogP contribution in [0.2, 0.25) is 5.02 Å². The van der Waals surface area contributed by atoms with Crippen LogP contribution >= 0.6 is 22.9 Å². The van der Waals surface area contributed by atoms with Crippen molar-refractivity contribution < 1.29 is 14.3 Å². The summed E-state index contributed by atoms with van der Waals surface area (Å²) in [6.45, 7) is 7.01. The Bertz CT molecular complexity index is 1180. The molecule has 7 heteroatoms. The third kappa shape index (κ3) is 5.88. The Morgan fingerprint density at radius 3 is 2.69 bits per heavy atom. The number of carbonyl (C=O) groups excluding carboxylic acids is 2. The quantitative estimate of drug-likeness (QED) is 0.365. The number of hydrogen-bond donors (Lipinski definition) is 0. The Balaban J connectivity index is 1.54. The first-order valence-electron chi connectivity index (χ1n) is 12.0. The summed E-state index contributed by atoms with van der Waals surface area (Å²) in [4.78, 5) is 31.9. The lowest BCUT2D eigenvalue weighted by molar-refractivity contribution is -0.136. The van der Waals surface area contributed by atoms with Gasteiger partial charge in [-0.3, -0.25) is 9.59 Å². The number of thiophene rings is 1. The molecule has 0 saturated heterocycles. The van der Waals surface area contributed by atoms with E-state index < -0.39 is 0 Å². The summed E-state index contributed by atoms with van der Waals surface area (Å²) in [5.74, 6) is 0.522. The van der Waals surface area contributed by atoms with E-state index in [1.54, 1.807) is 40.5 Å². The van der Waals surface area contributed by atoms with Gasteiger partial charge in [0.05, 0.1) is 6.04 Å². The summed E-state index contributed by atoms with van der Waals surface area (Å²) >= 11 is 7.85. The van der Waals surface area contributed by atoms with E-state index in [0.717, 1.165) is 24.2 Å². The number of benzene rings is 2. The molecule has 2 amide bonds. The maximum Gasteiger partial charge on any atom is 0.254 e. The van der Waals surface area contributed by atoms with Crippen molar-refractivity contribution in [1.29, 1.82) is 0 Å². The van der Waals surface area contributed by atoms with Gasteiger partial charge < -0.3 is 14.5 Å². The largest absolute Gasteiger partial charge is 0.491 e. The standard InChI is InChI=1S/C28H31ClN2O3S/c1-4-20(3)31(28(33)21-6-5-7-22(29)16-21)17-27(32)30-14-12-26-24(13-15-35-26)25(30)18-34-23-10-8-19(2)9-11-23/h5-11,13,15-16,20,25H,4,12,14,17-18H2,1-3H3/t20-,25-/m1/s1. The zero-order valence-electron chi connectivity index (χ0n) is 20.4. The molecule has 0 N–H and O–H groups in total. The van der Waals surface area contributed by atoms with Gasteiger partial charge in [-0.05, 0) is 74.0 Å². The first-order valence-corrected chi connectivity index (χ1v) is 13.2. The molecule has 35 heavy (non-hydrogen) atoms. The lowest BCUT2D eigenvalue weighted by atomic mass is 10.00. The van der Waals surface area contributed by atoms with Crippen molar-refractivity contribution in [3.63, 3.8) is 0 Å². The third-order valence-electron chi connectivity index (χ3n) is 6.60. The van der Waals surface area contributed by atoms with Crippen molar-refractivity contribution in [2.75, 3.05) is 19.7 Å². The summed E-state index contributed by atoms with van der Waals surface area (Å²) in [6.07, 6.45) is 1.56. The second-order valence-corrected chi connectivity index (χ2v) is 10.4. The first kappa shape index (κ1) is 25.3. The van der Waals surface area contributed by atoms with Gasteiger partial charge in [-0.25, -0.2) is 0 Å². The van der Waals surface area contributed by atoms with Crippen LogP contribution in [0.4, 0.5) is 0 Å². The molecule has 2 heterocycles. The summed E-state index contributed by atoms with van der Waals surface area (Å²) in [5.41, 5.74) is 2.79. The third-order valence-corrected chi connectivity index (χ3v) is 7.84. The number of nitrogens with zero attached hydrogens (tertiary/aromatic N) is 2. The fourth-order valence-electron chi connectivity index (χ4n) is 4.36. The molecule has 1 aliphatic rings. The van der Waals surface area contributed by atoms with Crippen LogP contribution in [-0.2, 0) is 11.2 Å². The molecule has 0 fully saturated rings. The minimum Gasteiger partial charge on any atom is -0.491 e. The van der Waals surface area contributed by atoms with E-state index in [1.165, 1.54) is 10.4 Å². The summed E-state index contributed by atoms with van der Waals surface area (Å²) < 4.78 is 6.13. The Hall–Kier alpha value is -2.83. The lowest BCUT2D eigenvalue weighted by Gasteiger charge is -2.38. The minimum atomic E-state index is -0.196. The van der Waals surface area contributed by atoms with Crippen molar-refractivity contribution in [2.24, 2.45) is 0 Å². The van der Waals surface area contributed by atoms with E-state index in [2.05, 4.69) is 11.4 Å². The molecule has 1 aliphatic heterocycles. The molecule has 0 aliphatic carbocycles. The van der Waals surface area contributed by atoms with Crippen LogP contribution in [0.15, 0.2) is 60.0 Å². The monoisotopic (exact) mass is 510 g/mol. The second-order valence-electron chi connectivity index (χ2n) is 8.98. The highest BCUT2D eigenvalue weighted by Crippen LogP contribution is 2.34. The van der Waals surface area contributed by atoms with E-state index in [1.807, 2.05) is 49.9 Å². The average molecular weight is 511 g/mol. The second kappa shape index (κ2) is 11.3.